The molecule has 490 valence electrons. The molecule has 0 saturated heterocycles. The predicted octanol–water partition coefficient (Wildman–Crippen LogP) is 27.3. The molecule has 0 aliphatic rings. The molecule has 0 aliphatic heterocycles. The zero-order valence-electron chi connectivity index (χ0n) is 80.9. The second-order valence-corrected chi connectivity index (χ2v) is 28.3. The van der Waals surface area contributed by atoms with Crippen molar-refractivity contribution in [3.63, 3.8) is 0 Å². The minimum absolute atomic E-state index is 0.0319. The molecule has 0 fully saturated rings. The average Bonchev–Trinajstić information content (AvgIpc) is 1.52. The summed E-state index contributed by atoms with van der Waals surface area (Å²) in [6.07, 6.45) is 0. The fourth-order valence-electron chi connectivity index (χ4n) is 13.7. The molecule has 0 atom stereocenters. The van der Waals surface area contributed by atoms with Crippen molar-refractivity contribution in [3.8, 4) is 55.9 Å². The van der Waals surface area contributed by atoms with Gasteiger partial charge in [0.1, 0.15) is 11.2 Å². The number of para-hydroxylation sites is 5. The molecule has 101 heavy (non-hydrogen) atoms. The number of fused-ring (bicyclic) bond motifs is 9. The van der Waals surface area contributed by atoms with Gasteiger partial charge in [0.2, 0.25) is 0 Å². The Labute approximate surface area is 625 Å². The highest BCUT2D eigenvalue weighted by Gasteiger charge is 2.33. The van der Waals surface area contributed by atoms with Gasteiger partial charge in [0.05, 0.1) is 66.3 Å². The van der Waals surface area contributed by atoms with Crippen molar-refractivity contribution in [1.29, 1.82) is 0 Å². The Kier molecular flexibility index (Phi) is 10.1. The Morgan fingerprint density at radius 1 is 0.297 bits per heavy atom. The van der Waals surface area contributed by atoms with Crippen molar-refractivity contribution in [1.82, 2.24) is 9.13 Å². The van der Waals surface area contributed by atoms with Gasteiger partial charge >= 0.3 is 0 Å². The number of aromatic nitrogens is 2. The van der Waals surface area contributed by atoms with Crippen molar-refractivity contribution >= 4 is 99.7 Å². The fraction of sp³-hybridized carbons (Fsp3) is 0.125. The van der Waals surface area contributed by atoms with E-state index in [0.717, 1.165) is 20.3 Å². The molecule has 0 aliphatic carbocycles. The van der Waals surface area contributed by atoms with Gasteiger partial charge in [-0.15, -0.1) is 0 Å². The first-order valence-electron chi connectivity index (χ1n) is 45.4. The SMILES string of the molecule is [2H]c1c([2H])c(N(c2cc(N(c3c(-c4ccccc4)cc(C(C)(C)C)cc3-c3cccc4oc5ccccc5c34)c3c([2H])c([2H])c([2H])c(-n4c5c([2H])c([2H])c([2H])c([2H])c5c5c([2H])c([2H])c([2H])c([2H])c54)c3[2H])cc(C(C)(C)C)c2)c2c(-c3ccccc3)cc(C(C)(C)C)cc2-c2ccccc2)c([2H])c(-n2c3c([2H])c([2H])c([2H])c([2H])c3c3c([2H])c([2H])c([2H])c([2H])c32)c1[2H]. The summed E-state index contributed by atoms with van der Waals surface area (Å²) in [7, 11) is 0. The molecule has 3 aromatic heterocycles. The minimum Gasteiger partial charge on any atom is -0.456 e. The van der Waals surface area contributed by atoms with Gasteiger partial charge in [-0.2, -0.15) is 0 Å². The van der Waals surface area contributed by atoms with Crippen LogP contribution in [0.15, 0.2) is 325 Å². The van der Waals surface area contributed by atoms with E-state index < -0.39 is 217 Å². The summed E-state index contributed by atoms with van der Waals surface area (Å²) < 4.78 is 245. The molecule has 14 aromatic carbocycles. The molecule has 0 bridgehead atoms. The Hall–Kier alpha value is -11.9. The van der Waals surface area contributed by atoms with Crippen LogP contribution in [0.3, 0.4) is 0 Å². The van der Waals surface area contributed by atoms with Gasteiger partial charge in [0.25, 0.3) is 0 Å². The number of rotatable bonds is 12. The Balaban J connectivity index is 1.14. The molecule has 5 heteroatoms. The molecule has 0 amide bonds. The molecule has 0 unspecified atom stereocenters. The molecule has 5 nitrogen and oxygen atoms in total. The third-order valence-corrected chi connectivity index (χ3v) is 18.8. The number of hydrogen-bond donors (Lipinski definition) is 0. The summed E-state index contributed by atoms with van der Waals surface area (Å²) in [6.45, 7) is 18.1. The third-order valence-electron chi connectivity index (χ3n) is 18.8. The van der Waals surface area contributed by atoms with Crippen LogP contribution < -0.4 is 9.80 Å². The number of nitrogens with zero attached hydrogens (tertiary/aromatic N) is 4. The first-order chi connectivity index (χ1) is 59.0. The summed E-state index contributed by atoms with van der Waals surface area (Å²) in [6, 6.07) is 35.6. The Morgan fingerprint density at radius 3 is 1.07 bits per heavy atom. The molecule has 0 N–H and O–H groups in total. The van der Waals surface area contributed by atoms with E-state index in [1.54, 1.807) is 15.9 Å². The summed E-state index contributed by atoms with van der Waals surface area (Å²) >= 11 is 0. The normalized spacial score (nSPS) is 15.5. The van der Waals surface area contributed by atoms with Gasteiger partial charge in [-0.1, -0.05) is 268 Å². The van der Waals surface area contributed by atoms with Crippen molar-refractivity contribution in [2.75, 3.05) is 9.80 Å². The van der Waals surface area contributed by atoms with Gasteiger partial charge in [-0.05, 0) is 170 Å². The maximum Gasteiger partial charge on any atom is 0.136 e. The molecule has 17 aromatic rings. The first-order valence-corrected chi connectivity index (χ1v) is 33.4. The first kappa shape index (κ1) is 41.5. The number of hydrogen-bond acceptors (Lipinski definition) is 3. The van der Waals surface area contributed by atoms with Gasteiger partial charge in [-0.3, -0.25) is 0 Å². The van der Waals surface area contributed by atoms with Crippen molar-refractivity contribution in [2.24, 2.45) is 0 Å². The zero-order chi connectivity index (χ0) is 89.8. The summed E-state index contributed by atoms with van der Waals surface area (Å²) in [5, 5.41) is -0.238. The van der Waals surface area contributed by atoms with Crippen LogP contribution >= 0.6 is 0 Å². The molecule has 17 rings (SSSR count). The molecular weight excluding hydrogens is 1230 g/mol. The lowest BCUT2D eigenvalue weighted by Gasteiger charge is -2.36. The molecular formula is C96H80N4O. The van der Waals surface area contributed by atoms with E-state index >= 15 is 0 Å². The Morgan fingerprint density at radius 2 is 0.653 bits per heavy atom. The standard InChI is InChI=1S/C96H80N4O/c1-94(2,3)66-54-73(97(69-38-29-40-71(60-69)99-85-48-24-19-42-75(85)76-43-20-25-49-86(76)99)92-81(63-32-13-10-14-33-63)56-67(95(4,5)6)57-82(92)64-34-15-11-16-35-64)62-74(55-66)98(70-39-30-41-72(61-70)100-87-50-26-21-44-77(87)78-45-22-27-51-88(78)100)93-83(65-36-17-12-18-37-65)58-68(96(7,8)9)59-84(93)79-47-31-53-90-91(79)80-46-23-28-52-89(80)101-90/h10-62H,1-9H3/i19D,20D,21D,22D,24D,25D,26D,27D,29D,30D,38D,39D,40D,41D,42D,43D,44D,45D,48D,49D,50D,51D,60D,61D. The summed E-state index contributed by atoms with van der Waals surface area (Å²) in [5.41, 5.74) is 1.04. The number of furan rings is 1. The van der Waals surface area contributed by atoms with Crippen molar-refractivity contribution < 1.29 is 37.3 Å². The van der Waals surface area contributed by atoms with Gasteiger partial charge in [0, 0.05) is 88.7 Å². The number of benzene rings is 14. The lowest BCUT2D eigenvalue weighted by atomic mass is 9.81. The zero-order valence-corrected chi connectivity index (χ0v) is 56.9. The molecule has 0 saturated carbocycles. The minimum atomic E-state index is -1.05. The highest BCUT2D eigenvalue weighted by atomic mass is 16.3. The molecule has 0 spiro atoms. The quantitative estimate of drug-likeness (QED) is 0.122. The molecule has 3 heterocycles. The Bertz CT molecular complexity index is 7310. The second kappa shape index (κ2) is 24.5. The summed E-state index contributed by atoms with van der Waals surface area (Å²) in [4.78, 5) is 3.22. The van der Waals surface area contributed by atoms with E-state index in [1.807, 2.05) is 232 Å². The van der Waals surface area contributed by atoms with Crippen molar-refractivity contribution in [2.45, 2.75) is 78.6 Å². The lowest BCUT2D eigenvalue weighted by Crippen LogP contribution is -2.20. The lowest BCUT2D eigenvalue weighted by molar-refractivity contribution is 0.590. The second-order valence-electron chi connectivity index (χ2n) is 28.3. The van der Waals surface area contributed by atoms with Crippen LogP contribution in [0.5, 0.6) is 0 Å². The van der Waals surface area contributed by atoms with Gasteiger partial charge < -0.3 is 23.4 Å². The largest absolute Gasteiger partial charge is 0.456 e. The van der Waals surface area contributed by atoms with Crippen LogP contribution in [0.1, 0.15) is 112 Å². The van der Waals surface area contributed by atoms with Crippen LogP contribution in [0.25, 0.3) is 121 Å². The van der Waals surface area contributed by atoms with Gasteiger partial charge in [0.15, 0.2) is 0 Å². The van der Waals surface area contributed by atoms with E-state index in [9.17, 15) is 27.4 Å². The molecule has 0 radical (unpaired) electrons. The summed E-state index contributed by atoms with van der Waals surface area (Å²) in [5.74, 6) is 0. The topological polar surface area (TPSA) is 29.5 Å². The smallest absolute Gasteiger partial charge is 0.136 e. The predicted molar refractivity (Wildman–Crippen MR) is 430 cm³/mol. The monoisotopic (exact) mass is 1330 g/mol. The van der Waals surface area contributed by atoms with Crippen LogP contribution in [-0.4, -0.2) is 9.13 Å². The van der Waals surface area contributed by atoms with Crippen molar-refractivity contribution in [3.05, 3.63) is 338 Å². The maximum absolute atomic E-state index is 11.5. The number of anilines is 6. The van der Waals surface area contributed by atoms with E-state index in [-0.39, 0.29) is 33.5 Å². The maximum atomic E-state index is 11.5. The fourth-order valence-corrected chi connectivity index (χ4v) is 13.7. The van der Waals surface area contributed by atoms with E-state index in [1.165, 1.54) is 0 Å². The van der Waals surface area contributed by atoms with Crippen LogP contribution in [0.4, 0.5) is 34.1 Å². The highest BCUT2D eigenvalue weighted by Crippen LogP contribution is 2.55. The van der Waals surface area contributed by atoms with Crippen LogP contribution in [0, 0.1) is 0 Å². The highest BCUT2D eigenvalue weighted by molar-refractivity contribution is 6.16. The van der Waals surface area contributed by atoms with Crippen LogP contribution in [-0.2, 0) is 16.2 Å². The van der Waals surface area contributed by atoms with E-state index in [0.29, 0.717) is 72.0 Å². The van der Waals surface area contributed by atoms with E-state index in [2.05, 4.69) is 0 Å². The van der Waals surface area contributed by atoms with Gasteiger partial charge in [-0.25, -0.2) is 0 Å². The average molecular weight is 1330 g/mol. The third kappa shape index (κ3) is 11.0. The van der Waals surface area contributed by atoms with E-state index in [4.69, 9.17) is 9.90 Å². The van der Waals surface area contributed by atoms with Crippen LogP contribution in [0.2, 0.25) is 0 Å².